The molecule has 0 spiro atoms. The summed E-state index contributed by atoms with van der Waals surface area (Å²) in [5.41, 5.74) is 10.5. The molecule has 0 bridgehead atoms. The highest BCUT2D eigenvalue weighted by Gasteiger charge is 2.00. The van der Waals surface area contributed by atoms with Crippen LogP contribution in [0.4, 0.5) is 17.8 Å². The van der Waals surface area contributed by atoms with E-state index in [1.807, 2.05) is 0 Å². The second-order valence-corrected chi connectivity index (χ2v) is 3.12. The number of hydrogen-bond acceptors (Lipinski definition) is 10. The first-order valence-corrected chi connectivity index (χ1v) is 5.01. The first-order valence-electron chi connectivity index (χ1n) is 5.01. The number of nitrogens with two attached hydrogens (primary N) is 2. The Morgan fingerprint density at radius 2 is 1.33 bits per heavy atom. The standard InChI is InChI=1S/C4H8N6O.C4H10O3/c5-2-8-3(6)10-4(9-2)7-1-11;5-1-4(2-6)3-7/h11H,1H2,(H5,5,6,7,8,9,10);4-7H,1-3H2. The zero-order valence-corrected chi connectivity index (χ0v) is 9.69. The molecule has 1 aromatic rings. The lowest BCUT2D eigenvalue weighted by Crippen LogP contribution is -2.14. The van der Waals surface area contributed by atoms with Crippen molar-refractivity contribution in [1.82, 2.24) is 15.0 Å². The number of aromatic nitrogens is 3. The zero-order valence-electron chi connectivity index (χ0n) is 9.69. The van der Waals surface area contributed by atoms with E-state index >= 15 is 0 Å². The molecule has 1 aromatic heterocycles. The van der Waals surface area contributed by atoms with Crippen LogP contribution in [0.25, 0.3) is 0 Å². The largest absolute Gasteiger partial charge is 0.396 e. The predicted octanol–water partition coefficient (Wildman–Crippen LogP) is -3.02. The lowest BCUT2D eigenvalue weighted by Gasteiger charge is -2.02. The number of aliphatic hydroxyl groups excluding tert-OH is 4. The van der Waals surface area contributed by atoms with E-state index in [1.165, 1.54) is 0 Å². The van der Waals surface area contributed by atoms with Crippen LogP contribution in [-0.2, 0) is 0 Å². The molecule has 1 heterocycles. The van der Waals surface area contributed by atoms with Crippen molar-refractivity contribution in [3.8, 4) is 0 Å². The van der Waals surface area contributed by atoms with Crippen LogP contribution in [-0.4, -0.2) is 61.9 Å². The van der Waals surface area contributed by atoms with E-state index in [2.05, 4.69) is 20.3 Å². The van der Waals surface area contributed by atoms with E-state index in [0.717, 1.165) is 0 Å². The monoisotopic (exact) mass is 262 g/mol. The molecule has 0 saturated heterocycles. The third-order valence-corrected chi connectivity index (χ3v) is 1.68. The van der Waals surface area contributed by atoms with E-state index in [0.29, 0.717) is 0 Å². The van der Waals surface area contributed by atoms with Crippen LogP contribution in [0.15, 0.2) is 0 Å². The topological polar surface area (TPSA) is 184 Å². The molecule has 0 amide bonds. The summed E-state index contributed by atoms with van der Waals surface area (Å²) in [7, 11) is 0. The van der Waals surface area contributed by atoms with E-state index in [4.69, 9.17) is 31.9 Å². The van der Waals surface area contributed by atoms with E-state index < -0.39 is 0 Å². The first kappa shape index (κ1) is 16.2. The molecule has 0 saturated carbocycles. The van der Waals surface area contributed by atoms with Crippen LogP contribution < -0.4 is 16.8 Å². The Bertz CT molecular complexity index is 310. The fourth-order valence-corrected chi connectivity index (χ4v) is 0.732. The van der Waals surface area contributed by atoms with Gasteiger partial charge in [-0.3, -0.25) is 0 Å². The van der Waals surface area contributed by atoms with Gasteiger partial charge in [-0.25, -0.2) is 0 Å². The van der Waals surface area contributed by atoms with E-state index in [9.17, 15) is 0 Å². The molecule has 1 rings (SSSR count). The Kier molecular flexibility index (Phi) is 8.39. The second-order valence-electron chi connectivity index (χ2n) is 3.12. The minimum atomic E-state index is -0.347. The Hall–Kier alpha value is -1.75. The zero-order chi connectivity index (χ0) is 14.0. The van der Waals surface area contributed by atoms with Crippen molar-refractivity contribution in [1.29, 1.82) is 0 Å². The maximum absolute atomic E-state index is 8.41. The minimum absolute atomic E-state index is 0.0217. The van der Waals surface area contributed by atoms with Gasteiger partial charge in [0.1, 0.15) is 6.73 Å². The number of nitrogens with zero attached hydrogens (tertiary/aromatic N) is 3. The van der Waals surface area contributed by atoms with Crippen molar-refractivity contribution >= 4 is 17.8 Å². The van der Waals surface area contributed by atoms with Crippen molar-refractivity contribution in [2.24, 2.45) is 5.92 Å². The highest BCUT2D eigenvalue weighted by molar-refractivity contribution is 5.36. The van der Waals surface area contributed by atoms with Crippen LogP contribution >= 0.6 is 0 Å². The minimum Gasteiger partial charge on any atom is -0.396 e. The molecule has 0 aliphatic rings. The number of rotatable bonds is 5. The van der Waals surface area contributed by atoms with Gasteiger partial charge in [0.15, 0.2) is 0 Å². The number of aliphatic hydroxyl groups is 4. The highest BCUT2D eigenvalue weighted by Crippen LogP contribution is 2.01. The molecule has 0 unspecified atom stereocenters. The normalized spacial score (nSPS) is 9.83. The summed E-state index contributed by atoms with van der Waals surface area (Å²) in [4.78, 5) is 10.8. The lowest BCUT2D eigenvalue weighted by molar-refractivity contribution is 0.0969. The Balaban J connectivity index is 0.000000360. The summed E-state index contributed by atoms with van der Waals surface area (Å²) < 4.78 is 0. The van der Waals surface area contributed by atoms with Crippen molar-refractivity contribution < 1.29 is 20.4 Å². The van der Waals surface area contributed by atoms with Gasteiger partial charge >= 0.3 is 0 Å². The van der Waals surface area contributed by atoms with Crippen LogP contribution in [0.2, 0.25) is 0 Å². The molecule has 18 heavy (non-hydrogen) atoms. The maximum atomic E-state index is 8.41. The Morgan fingerprint density at radius 1 is 0.889 bits per heavy atom. The molecule has 0 fully saturated rings. The first-order chi connectivity index (χ1) is 8.57. The molecule has 10 heteroatoms. The van der Waals surface area contributed by atoms with Crippen LogP contribution in [0, 0.1) is 5.92 Å². The average molecular weight is 262 g/mol. The van der Waals surface area contributed by atoms with E-state index in [-0.39, 0.29) is 50.3 Å². The van der Waals surface area contributed by atoms with Crippen molar-refractivity contribution in [2.75, 3.05) is 43.3 Å². The summed E-state index contributed by atoms with van der Waals surface area (Å²) in [6, 6.07) is 0. The maximum Gasteiger partial charge on any atom is 0.231 e. The van der Waals surface area contributed by atoms with Crippen LogP contribution in [0.5, 0.6) is 0 Å². The number of hydrogen-bond donors (Lipinski definition) is 7. The number of nitrogens with one attached hydrogen (secondary N) is 1. The van der Waals surface area contributed by atoms with Gasteiger partial charge in [0, 0.05) is 5.92 Å². The SMILES string of the molecule is Nc1nc(N)nc(NCO)n1.OCC(CO)CO. The summed E-state index contributed by atoms with van der Waals surface area (Å²) in [5, 5.41) is 35.4. The Morgan fingerprint density at radius 3 is 1.61 bits per heavy atom. The van der Waals surface area contributed by atoms with Crippen molar-refractivity contribution in [3.05, 3.63) is 0 Å². The van der Waals surface area contributed by atoms with E-state index in [1.54, 1.807) is 0 Å². The second kappa shape index (κ2) is 9.30. The highest BCUT2D eigenvalue weighted by atomic mass is 16.3. The molecule has 9 N–H and O–H groups in total. The lowest BCUT2D eigenvalue weighted by atomic mass is 10.2. The molecular formula is C8H18N6O4. The Labute approximate surface area is 103 Å². The van der Waals surface area contributed by atoms with Gasteiger partial charge in [0.2, 0.25) is 17.8 Å². The van der Waals surface area contributed by atoms with Gasteiger partial charge < -0.3 is 37.2 Å². The fraction of sp³-hybridized carbons (Fsp3) is 0.625. The quantitative estimate of drug-likeness (QED) is 0.269. The van der Waals surface area contributed by atoms with Gasteiger partial charge in [0.05, 0.1) is 19.8 Å². The van der Waals surface area contributed by atoms with Gasteiger partial charge in [-0.05, 0) is 0 Å². The van der Waals surface area contributed by atoms with Gasteiger partial charge in [-0.1, -0.05) is 0 Å². The van der Waals surface area contributed by atoms with Gasteiger partial charge in [-0.15, -0.1) is 0 Å². The molecular weight excluding hydrogens is 244 g/mol. The fourth-order valence-electron chi connectivity index (χ4n) is 0.732. The van der Waals surface area contributed by atoms with Crippen LogP contribution in [0.3, 0.4) is 0 Å². The smallest absolute Gasteiger partial charge is 0.231 e. The van der Waals surface area contributed by atoms with Crippen molar-refractivity contribution in [2.45, 2.75) is 0 Å². The summed E-state index contributed by atoms with van der Waals surface area (Å²) in [5.74, 6) is -0.139. The summed E-state index contributed by atoms with van der Waals surface area (Å²) in [6.45, 7) is -0.712. The average Bonchev–Trinajstić information content (AvgIpc) is 2.31. The predicted molar refractivity (Wildman–Crippen MR) is 64.1 cm³/mol. The molecule has 0 aliphatic carbocycles. The third-order valence-electron chi connectivity index (χ3n) is 1.68. The third kappa shape index (κ3) is 6.75. The van der Waals surface area contributed by atoms with Gasteiger partial charge in [0.25, 0.3) is 0 Å². The molecule has 0 atom stereocenters. The van der Waals surface area contributed by atoms with Crippen molar-refractivity contribution in [3.63, 3.8) is 0 Å². The molecule has 0 radical (unpaired) electrons. The van der Waals surface area contributed by atoms with Crippen LogP contribution in [0.1, 0.15) is 0 Å². The molecule has 0 aliphatic heterocycles. The number of anilines is 3. The summed E-state index contributed by atoms with van der Waals surface area (Å²) >= 11 is 0. The van der Waals surface area contributed by atoms with Gasteiger partial charge in [-0.2, -0.15) is 15.0 Å². The number of nitrogen functional groups attached to an aromatic ring is 2. The molecule has 0 aromatic carbocycles. The molecule has 10 nitrogen and oxygen atoms in total. The molecule has 104 valence electrons. The summed E-state index contributed by atoms with van der Waals surface area (Å²) in [6.07, 6.45) is 0.